The second-order valence-corrected chi connectivity index (χ2v) is 11.7. The van der Waals surface area contributed by atoms with Gasteiger partial charge in [0.25, 0.3) is 15.8 Å². The van der Waals surface area contributed by atoms with Gasteiger partial charge in [-0.15, -0.1) is 0 Å². The maximum Gasteiger partial charge on any atom is 0.336 e. The molecule has 1 saturated heterocycles. The van der Waals surface area contributed by atoms with Crippen molar-refractivity contribution in [1.29, 1.82) is 0 Å². The Morgan fingerprint density at radius 1 is 1.05 bits per heavy atom. The first-order valence-electron chi connectivity index (χ1n) is 12.9. The third-order valence-electron chi connectivity index (χ3n) is 7.34. The van der Waals surface area contributed by atoms with Gasteiger partial charge in [-0.3, -0.25) is 14.3 Å². The lowest BCUT2D eigenvalue weighted by atomic mass is 10.0. The van der Waals surface area contributed by atoms with E-state index < -0.39 is 21.5 Å². The van der Waals surface area contributed by atoms with Crippen LogP contribution in [0, 0.1) is 0 Å². The van der Waals surface area contributed by atoms with Crippen LogP contribution in [0.4, 0.5) is 0 Å². The summed E-state index contributed by atoms with van der Waals surface area (Å²) in [5.41, 5.74) is 0.308. The number of methoxy groups -OCH3 is 1. The molecule has 0 bridgehead atoms. The Hall–Kier alpha value is -3.25. The fourth-order valence-corrected chi connectivity index (χ4v) is 7.24. The van der Waals surface area contributed by atoms with E-state index >= 15 is 0 Å². The molecular weight excluding hydrogens is 542 g/mol. The topological polar surface area (TPSA) is 107 Å². The van der Waals surface area contributed by atoms with Crippen molar-refractivity contribution in [3.05, 3.63) is 74.5 Å². The molecule has 3 heterocycles. The summed E-state index contributed by atoms with van der Waals surface area (Å²) in [6.45, 7) is 4.89. The zero-order valence-electron chi connectivity index (χ0n) is 22.0. The highest BCUT2D eigenvalue weighted by atomic mass is 35.5. The predicted molar refractivity (Wildman–Crippen MR) is 152 cm³/mol. The normalized spacial score (nSPS) is 15.4. The summed E-state index contributed by atoms with van der Waals surface area (Å²) in [4.78, 5) is 32.5. The molecule has 0 aliphatic carbocycles. The number of halogens is 1. The fraction of sp³-hybridized carbons (Fsp3) is 0.370. The molecule has 39 heavy (non-hydrogen) atoms. The zero-order valence-corrected chi connectivity index (χ0v) is 23.6. The molecule has 2 aromatic heterocycles. The lowest BCUT2D eigenvalue weighted by Crippen LogP contribution is -2.49. The van der Waals surface area contributed by atoms with Crippen LogP contribution in [0.15, 0.2) is 58.3 Å². The highest BCUT2D eigenvalue weighted by Gasteiger charge is 2.33. The van der Waals surface area contributed by atoms with E-state index in [9.17, 15) is 18.0 Å². The number of ether oxygens (including phenoxy) is 1. The van der Waals surface area contributed by atoms with Crippen molar-refractivity contribution in [2.24, 2.45) is 0 Å². The van der Waals surface area contributed by atoms with E-state index in [2.05, 4.69) is 4.98 Å². The summed E-state index contributed by atoms with van der Waals surface area (Å²) in [6, 6.07) is 11.6. The molecule has 0 N–H and O–H groups in total. The van der Waals surface area contributed by atoms with Crippen LogP contribution in [-0.2, 0) is 10.2 Å². The first-order chi connectivity index (χ1) is 18.7. The van der Waals surface area contributed by atoms with Crippen molar-refractivity contribution in [1.82, 2.24) is 22.7 Å². The van der Waals surface area contributed by atoms with Crippen LogP contribution in [0.2, 0.25) is 5.02 Å². The highest BCUT2D eigenvalue weighted by Crippen LogP contribution is 2.32. The first kappa shape index (κ1) is 27.3. The molecule has 1 aliphatic rings. The van der Waals surface area contributed by atoms with Crippen LogP contribution in [0.1, 0.15) is 32.7 Å². The Labute approximate surface area is 231 Å². The largest absolute Gasteiger partial charge is 0.494 e. The summed E-state index contributed by atoms with van der Waals surface area (Å²) in [5.74, 6) is 0.521. The molecule has 0 unspecified atom stereocenters. The quantitative estimate of drug-likeness (QED) is 0.314. The van der Waals surface area contributed by atoms with Crippen LogP contribution < -0.4 is 16.0 Å². The molecule has 0 saturated carbocycles. The number of pyridine rings is 1. The Morgan fingerprint density at radius 2 is 1.74 bits per heavy atom. The molecule has 0 spiro atoms. The molecule has 12 heteroatoms. The molecule has 1 aliphatic heterocycles. The third kappa shape index (κ3) is 4.63. The van der Waals surface area contributed by atoms with E-state index in [-0.39, 0.29) is 24.5 Å². The number of hydrogen-bond acceptors (Lipinski definition) is 6. The van der Waals surface area contributed by atoms with Crippen molar-refractivity contribution in [2.45, 2.75) is 32.7 Å². The molecule has 0 atom stereocenters. The second-order valence-electron chi connectivity index (χ2n) is 9.37. The summed E-state index contributed by atoms with van der Waals surface area (Å²) < 4.78 is 37.4. The van der Waals surface area contributed by atoms with E-state index in [0.29, 0.717) is 58.8 Å². The number of para-hydroxylation sites is 1. The lowest BCUT2D eigenvalue weighted by molar-refractivity contribution is 0.255. The minimum atomic E-state index is -3.61. The standard InChI is InChI=1S/C27H30ClN5O5S/c1-4-30(5-2)39(36,37)31-14-12-19(13-15-31)32-25-21-10-7-11-23(38-3)24(21)29-17-22(25)26(34)33(27(32)35)20-9-6-8-18(28)16-20/h6-11,16-17,19H,4-5,12-15H2,1-3H3. The molecule has 4 aromatic rings. The van der Waals surface area contributed by atoms with Gasteiger partial charge < -0.3 is 4.74 Å². The third-order valence-corrected chi connectivity index (χ3v) is 9.76. The van der Waals surface area contributed by atoms with Crippen molar-refractivity contribution >= 4 is 43.6 Å². The van der Waals surface area contributed by atoms with Gasteiger partial charge >= 0.3 is 5.69 Å². The van der Waals surface area contributed by atoms with Gasteiger partial charge in [-0.2, -0.15) is 17.0 Å². The number of nitrogens with zero attached hydrogens (tertiary/aromatic N) is 5. The van der Waals surface area contributed by atoms with Crippen LogP contribution in [-0.4, -0.2) is 64.4 Å². The fourth-order valence-electron chi connectivity index (χ4n) is 5.40. The van der Waals surface area contributed by atoms with E-state index in [1.807, 2.05) is 19.9 Å². The van der Waals surface area contributed by atoms with Gasteiger partial charge in [-0.1, -0.05) is 43.6 Å². The van der Waals surface area contributed by atoms with Gasteiger partial charge in [0.15, 0.2) is 0 Å². The molecule has 10 nitrogen and oxygen atoms in total. The van der Waals surface area contributed by atoms with Gasteiger partial charge in [-0.25, -0.2) is 9.36 Å². The van der Waals surface area contributed by atoms with Crippen LogP contribution in [0.25, 0.3) is 27.5 Å². The lowest BCUT2D eigenvalue weighted by Gasteiger charge is -2.35. The molecule has 0 radical (unpaired) electrons. The summed E-state index contributed by atoms with van der Waals surface area (Å²) in [7, 11) is -2.07. The highest BCUT2D eigenvalue weighted by molar-refractivity contribution is 7.86. The van der Waals surface area contributed by atoms with Crippen molar-refractivity contribution in [2.75, 3.05) is 33.3 Å². The minimum absolute atomic E-state index is 0.250. The summed E-state index contributed by atoms with van der Waals surface area (Å²) >= 11 is 6.21. The van der Waals surface area contributed by atoms with Gasteiger partial charge in [-0.05, 0) is 37.1 Å². The Bertz CT molecular complexity index is 1770. The van der Waals surface area contributed by atoms with Crippen molar-refractivity contribution in [3.8, 4) is 11.4 Å². The van der Waals surface area contributed by atoms with Crippen LogP contribution in [0.3, 0.4) is 0 Å². The summed E-state index contributed by atoms with van der Waals surface area (Å²) in [5, 5.41) is 1.27. The van der Waals surface area contributed by atoms with E-state index in [1.54, 1.807) is 41.0 Å². The number of aromatic nitrogens is 3. The van der Waals surface area contributed by atoms with E-state index in [1.165, 1.54) is 21.9 Å². The van der Waals surface area contributed by atoms with Crippen molar-refractivity contribution < 1.29 is 13.2 Å². The number of hydrogen-bond donors (Lipinski definition) is 0. The minimum Gasteiger partial charge on any atom is -0.494 e. The molecule has 5 rings (SSSR count). The Balaban J connectivity index is 1.73. The Morgan fingerprint density at radius 3 is 2.38 bits per heavy atom. The van der Waals surface area contributed by atoms with Crippen molar-refractivity contribution in [3.63, 3.8) is 0 Å². The number of rotatable bonds is 7. The smallest absolute Gasteiger partial charge is 0.336 e. The van der Waals surface area contributed by atoms with E-state index in [4.69, 9.17) is 16.3 Å². The molecule has 206 valence electrons. The van der Waals surface area contributed by atoms with E-state index in [0.717, 1.165) is 4.57 Å². The predicted octanol–water partition coefficient (Wildman–Crippen LogP) is 3.59. The average Bonchev–Trinajstić information content (AvgIpc) is 2.93. The van der Waals surface area contributed by atoms with Crippen LogP contribution >= 0.6 is 11.6 Å². The SMILES string of the molecule is CCN(CC)S(=O)(=O)N1CCC(n2c(=O)n(-c3cccc(Cl)c3)c(=O)c3cnc4c(OC)cccc4c32)CC1. The first-order valence-corrected chi connectivity index (χ1v) is 14.6. The second kappa shape index (κ2) is 10.7. The van der Waals surface area contributed by atoms with Gasteiger partial charge in [0.1, 0.15) is 11.3 Å². The van der Waals surface area contributed by atoms with Crippen LogP contribution in [0.5, 0.6) is 5.75 Å². The van der Waals surface area contributed by atoms with Gasteiger partial charge in [0, 0.05) is 48.8 Å². The molecular formula is C27H30ClN5O5S. The molecule has 1 fully saturated rings. The molecule has 2 aromatic carbocycles. The maximum atomic E-state index is 14.2. The maximum absolute atomic E-state index is 14.2. The zero-order chi connectivity index (χ0) is 27.9. The van der Waals surface area contributed by atoms with Gasteiger partial charge in [0.2, 0.25) is 0 Å². The number of benzene rings is 2. The monoisotopic (exact) mass is 571 g/mol. The molecule has 0 amide bonds. The summed E-state index contributed by atoms with van der Waals surface area (Å²) in [6.07, 6.45) is 2.27. The van der Waals surface area contributed by atoms with Gasteiger partial charge in [0.05, 0.1) is 23.7 Å². The average molecular weight is 572 g/mol. The Kier molecular flexibility index (Phi) is 7.51. The number of fused-ring (bicyclic) bond motifs is 3. The number of piperidine rings is 1.